The fourth-order valence-electron chi connectivity index (χ4n) is 0.948. The van der Waals surface area contributed by atoms with E-state index in [0.29, 0.717) is 12.6 Å². The number of aromatic nitrogens is 3. The van der Waals surface area contributed by atoms with Crippen LogP contribution in [0.2, 0.25) is 0 Å². The number of rotatable bonds is 6. The second-order valence-electron chi connectivity index (χ2n) is 2.67. The zero-order chi connectivity index (χ0) is 11.3. The van der Waals surface area contributed by atoms with Crippen molar-refractivity contribution in [1.29, 1.82) is 0 Å². The Bertz CT molecular complexity index is 408. The summed E-state index contributed by atoms with van der Waals surface area (Å²) in [5.41, 5.74) is 0. The first-order chi connectivity index (χ1) is 7.03. The Labute approximate surface area is 110 Å². The van der Waals surface area contributed by atoms with E-state index in [1.54, 1.807) is 10.8 Å². The summed E-state index contributed by atoms with van der Waals surface area (Å²) in [7, 11) is -4.15. The Morgan fingerprint density at radius 1 is 1.62 bits per heavy atom. The smallest absolute Gasteiger partial charge is 0.748 e. The van der Waals surface area contributed by atoms with Gasteiger partial charge in [-0.25, -0.2) is 8.42 Å². The predicted molar refractivity (Wildman–Crippen MR) is 53.3 cm³/mol. The number of aryl methyl sites for hydroxylation is 1. The molecule has 0 aliphatic carbocycles. The molecule has 10 heteroatoms. The average molecular weight is 259 g/mol. The average Bonchev–Trinajstić information content (AvgIpc) is 2.51. The van der Waals surface area contributed by atoms with E-state index >= 15 is 0 Å². The summed E-state index contributed by atoms with van der Waals surface area (Å²) in [4.78, 5) is 0. The van der Waals surface area contributed by atoms with Gasteiger partial charge in [0.15, 0.2) is 0 Å². The van der Waals surface area contributed by atoms with Crippen molar-refractivity contribution in [3.8, 4) is 6.01 Å². The maximum absolute atomic E-state index is 10.3. The van der Waals surface area contributed by atoms with Gasteiger partial charge >= 0.3 is 24.9 Å². The Balaban J connectivity index is 0.00000225. The summed E-state index contributed by atoms with van der Waals surface area (Å²) in [5, 5.41) is 7.27. The van der Waals surface area contributed by atoms with E-state index in [4.69, 9.17) is 4.18 Å². The van der Waals surface area contributed by atoms with Gasteiger partial charge in [0.05, 0.1) is 22.2 Å². The van der Waals surface area contributed by atoms with E-state index in [1.807, 2.05) is 0 Å². The van der Waals surface area contributed by atoms with Crippen LogP contribution in [0.1, 0.15) is 6.42 Å². The molecule has 0 N–H and O–H groups in total. The molecule has 0 amide bonds. The fourth-order valence-corrected chi connectivity index (χ4v) is 1.71. The van der Waals surface area contributed by atoms with Gasteiger partial charge in [-0.2, -0.15) is 0 Å². The Kier molecular flexibility index (Phi) is 7.10. The topological polar surface area (TPSA) is 97.1 Å². The van der Waals surface area contributed by atoms with Gasteiger partial charge in [0.2, 0.25) is 0 Å². The van der Waals surface area contributed by atoms with E-state index in [2.05, 4.69) is 10.2 Å². The molecule has 0 saturated carbocycles. The van der Waals surface area contributed by atoms with Gasteiger partial charge in [-0.15, -0.1) is 5.10 Å². The SMILES string of the molecule is CSOc1nncn1CCCS(=O)(=O)[O-].[Li+]. The predicted octanol–water partition coefficient (Wildman–Crippen LogP) is -3.13. The molecule has 0 unspecified atom stereocenters. The third-order valence-electron chi connectivity index (χ3n) is 1.53. The van der Waals surface area contributed by atoms with Crippen LogP contribution < -0.4 is 23.0 Å². The first kappa shape index (κ1) is 15.8. The maximum atomic E-state index is 10.3. The third kappa shape index (κ3) is 5.77. The molecule has 1 rings (SSSR count). The zero-order valence-electron chi connectivity index (χ0n) is 8.99. The van der Waals surface area contributed by atoms with Crippen LogP contribution >= 0.6 is 12.0 Å². The molecule has 7 nitrogen and oxygen atoms in total. The van der Waals surface area contributed by atoms with Crippen LogP contribution in [0.4, 0.5) is 0 Å². The zero-order valence-corrected chi connectivity index (χ0v) is 10.6. The van der Waals surface area contributed by atoms with E-state index in [9.17, 15) is 13.0 Å². The van der Waals surface area contributed by atoms with Crippen LogP contribution in [0.3, 0.4) is 0 Å². The van der Waals surface area contributed by atoms with Gasteiger partial charge in [-0.05, 0) is 6.42 Å². The van der Waals surface area contributed by atoms with Crippen molar-refractivity contribution in [3.05, 3.63) is 6.33 Å². The minimum atomic E-state index is -4.15. The number of hydrogen-bond acceptors (Lipinski definition) is 7. The fraction of sp³-hybridized carbons (Fsp3) is 0.667. The molecule has 0 aliphatic rings. The van der Waals surface area contributed by atoms with Crippen LogP contribution in [0.25, 0.3) is 0 Å². The molecule has 1 aromatic rings. The molecule has 0 saturated heterocycles. The Morgan fingerprint density at radius 2 is 2.31 bits per heavy atom. The molecular weight excluding hydrogens is 249 g/mol. The van der Waals surface area contributed by atoms with Crippen molar-refractivity contribution in [2.24, 2.45) is 0 Å². The maximum Gasteiger partial charge on any atom is 1.00 e. The van der Waals surface area contributed by atoms with Crippen molar-refractivity contribution in [2.45, 2.75) is 13.0 Å². The molecule has 0 aliphatic heterocycles. The van der Waals surface area contributed by atoms with Gasteiger partial charge in [-0.1, -0.05) is 5.10 Å². The van der Waals surface area contributed by atoms with Crippen molar-refractivity contribution in [1.82, 2.24) is 14.8 Å². The molecular formula is C6H10LiN3O4S2. The normalized spacial score (nSPS) is 10.9. The van der Waals surface area contributed by atoms with Crippen molar-refractivity contribution >= 4 is 22.2 Å². The Morgan fingerprint density at radius 3 is 2.88 bits per heavy atom. The largest absolute Gasteiger partial charge is 1.00 e. The molecule has 1 heterocycles. The van der Waals surface area contributed by atoms with Crippen molar-refractivity contribution < 1.29 is 36.0 Å². The number of hydrogen-bond donors (Lipinski definition) is 0. The molecule has 16 heavy (non-hydrogen) atoms. The van der Waals surface area contributed by atoms with Crippen LogP contribution in [-0.2, 0) is 16.7 Å². The molecule has 0 radical (unpaired) electrons. The molecule has 1 aromatic heterocycles. The molecule has 0 bridgehead atoms. The van der Waals surface area contributed by atoms with Crippen LogP contribution in [-0.4, -0.2) is 39.7 Å². The summed E-state index contributed by atoms with van der Waals surface area (Å²) >= 11 is 1.11. The minimum absolute atomic E-state index is 0. The minimum Gasteiger partial charge on any atom is -0.748 e. The third-order valence-corrected chi connectivity index (χ3v) is 2.64. The Hall–Kier alpha value is -0.203. The molecule has 0 aromatic carbocycles. The van der Waals surface area contributed by atoms with Crippen LogP contribution in [0, 0.1) is 0 Å². The summed E-state index contributed by atoms with van der Waals surface area (Å²) in [6.45, 7) is 0.338. The second-order valence-corrected chi connectivity index (χ2v) is 4.70. The first-order valence-electron chi connectivity index (χ1n) is 4.05. The molecule has 0 spiro atoms. The molecule has 86 valence electrons. The summed E-state index contributed by atoms with van der Waals surface area (Å²) < 4.78 is 37.6. The van der Waals surface area contributed by atoms with E-state index in [-0.39, 0.29) is 25.3 Å². The van der Waals surface area contributed by atoms with E-state index in [1.165, 1.54) is 6.33 Å². The quantitative estimate of drug-likeness (QED) is 0.303. The van der Waals surface area contributed by atoms with Crippen molar-refractivity contribution in [2.75, 3.05) is 12.0 Å². The van der Waals surface area contributed by atoms with Gasteiger partial charge < -0.3 is 8.74 Å². The van der Waals surface area contributed by atoms with Crippen LogP contribution in [0.5, 0.6) is 6.01 Å². The van der Waals surface area contributed by atoms with Gasteiger partial charge in [-0.3, -0.25) is 4.57 Å². The summed E-state index contributed by atoms with van der Waals surface area (Å²) in [6.07, 6.45) is 3.36. The van der Waals surface area contributed by atoms with E-state index in [0.717, 1.165) is 12.0 Å². The molecule has 0 atom stereocenters. The summed E-state index contributed by atoms with van der Waals surface area (Å²) in [6, 6.07) is 0.297. The monoisotopic (exact) mass is 259 g/mol. The molecule has 0 fully saturated rings. The second kappa shape index (κ2) is 7.19. The van der Waals surface area contributed by atoms with Gasteiger partial charge in [0.1, 0.15) is 6.33 Å². The van der Waals surface area contributed by atoms with Gasteiger partial charge in [0.25, 0.3) is 0 Å². The van der Waals surface area contributed by atoms with Crippen molar-refractivity contribution in [3.63, 3.8) is 0 Å². The standard InChI is InChI=1S/C6H11N3O4S2.Li/c1-14-13-6-8-7-5-9(6)3-2-4-15(10,11)12;/h5H,2-4H2,1H3,(H,10,11,12);/q;+1/p-1. The van der Waals surface area contributed by atoms with E-state index < -0.39 is 15.9 Å². The first-order valence-corrected chi connectivity index (χ1v) is 6.77. The summed E-state index contributed by atoms with van der Waals surface area (Å²) in [5.74, 6) is -0.399. The van der Waals surface area contributed by atoms with Crippen LogP contribution in [0.15, 0.2) is 6.33 Å². The van der Waals surface area contributed by atoms with Gasteiger partial charge in [0, 0.05) is 18.6 Å². The number of nitrogens with zero attached hydrogens (tertiary/aromatic N) is 3.